The molecule has 7 nitrogen and oxygen atoms in total. The van der Waals surface area contributed by atoms with E-state index in [4.69, 9.17) is 19.7 Å². The second-order valence-electron chi connectivity index (χ2n) is 7.55. The Bertz CT molecular complexity index is 472. The van der Waals surface area contributed by atoms with Gasteiger partial charge < -0.3 is 20.1 Å². The number of ether oxygens (including phenoxy) is 1. The van der Waals surface area contributed by atoms with E-state index >= 15 is 0 Å². The van der Waals surface area contributed by atoms with Crippen molar-refractivity contribution in [3.05, 3.63) is 12.2 Å². The van der Waals surface area contributed by atoms with Gasteiger partial charge in [-0.2, -0.15) is 0 Å². The van der Waals surface area contributed by atoms with Crippen molar-refractivity contribution in [1.29, 1.82) is 0 Å². The Morgan fingerprint density at radius 1 is 1.21 bits per heavy atom. The molecule has 1 saturated heterocycles. The van der Waals surface area contributed by atoms with Crippen LogP contribution in [0.2, 0.25) is 0 Å². The number of morpholine rings is 1. The number of unbranched alkanes of at least 4 members (excludes halogenated alkanes) is 4. The van der Waals surface area contributed by atoms with Gasteiger partial charge in [0, 0.05) is 44.9 Å². The van der Waals surface area contributed by atoms with Crippen LogP contribution in [0, 0.1) is 11.8 Å². The Hall–Kier alpha value is -1.28. The molecule has 3 N–H and O–H groups in total. The Morgan fingerprint density at radius 3 is 2.50 bits per heavy atom. The largest absolute Gasteiger partial charge is 0.481 e. The average molecular weight is 400 g/mol. The summed E-state index contributed by atoms with van der Waals surface area (Å²) in [6.45, 7) is 5.62. The van der Waals surface area contributed by atoms with E-state index in [2.05, 4.69) is 11.0 Å². The number of carboxylic acids is 1. The molecule has 28 heavy (non-hydrogen) atoms. The van der Waals surface area contributed by atoms with Gasteiger partial charge in [-0.05, 0) is 32.2 Å². The second-order valence-corrected chi connectivity index (χ2v) is 7.55. The number of carbonyl (C=O) groups excluding carboxylic acids is 1. The van der Waals surface area contributed by atoms with Crippen LogP contribution in [0.15, 0.2) is 12.2 Å². The van der Waals surface area contributed by atoms with E-state index in [0.717, 1.165) is 78.3 Å². The van der Waals surface area contributed by atoms with Crippen LogP contribution >= 0.6 is 0 Å². The Balaban J connectivity index is 0.000000892. The lowest BCUT2D eigenvalue weighted by Gasteiger charge is -2.28. The molecule has 7 heteroatoms. The first-order valence-electron chi connectivity index (χ1n) is 10.4. The number of aliphatic carboxylic acids is 1. The molecule has 2 aliphatic rings. The van der Waals surface area contributed by atoms with E-state index < -0.39 is 12.1 Å². The summed E-state index contributed by atoms with van der Waals surface area (Å²) in [6, 6.07) is 0. The van der Waals surface area contributed by atoms with Crippen LogP contribution in [0.4, 0.5) is 0 Å². The minimum atomic E-state index is -0.833. The highest BCUT2D eigenvalue weighted by atomic mass is 16.5. The number of carboxylic acid groups (broad SMARTS) is 1. The van der Waals surface area contributed by atoms with Crippen molar-refractivity contribution in [2.75, 3.05) is 39.5 Å². The molecule has 0 amide bonds. The molecule has 0 aromatic rings. The number of rotatable bonds is 10. The number of aliphatic hydroxyl groups is 2. The normalized spacial score (nSPS) is 25.7. The van der Waals surface area contributed by atoms with E-state index in [1.54, 1.807) is 0 Å². The molecule has 1 aliphatic carbocycles. The highest BCUT2D eigenvalue weighted by molar-refractivity contribution is 5.84. The first kappa shape index (κ1) is 24.8. The van der Waals surface area contributed by atoms with Crippen LogP contribution in [-0.2, 0) is 14.3 Å². The quantitative estimate of drug-likeness (QED) is 0.380. The number of hydrogen-bond donors (Lipinski definition) is 3. The third-order valence-corrected chi connectivity index (χ3v) is 5.22. The van der Waals surface area contributed by atoms with E-state index in [1.807, 2.05) is 6.08 Å². The third kappa shape index (κ3) is 10.3. The molecule has 162 valence electrons. The number of nitrogens with zero attached hydrogens (tertiary/aromatic N) is 1. The Morgan fingerprint density at radius 2 is 1.86 bits per heavy atom. The maximum absolute atomic E-state index is 12.2. The summed E-state index contributed by atoms with van der Waals surface area (Å²) in [7, 11) is 0. The summed E-state index contributed by atoms with van der Waals surface area (Å²) in [5.41, 5.74) is 0. The van der Waals surface area contributed by atoms with E-state index in [0.29, 0.717) is 6.42 Å². The predicted molar refractivity (Wildman–Crippen MR) is 107 cm³/mol. The summed E-state index contributed by atoms with van der Waals surface area (Å²) in [6.07, 6.45) is 10.0. The minimum absolute atomic E-state index is 0.00960. The van der Waals surface area contributed by atoms with Crippen molar-refractivity contribution in [2.24, 2.45) is 11.8 Å². The molecule has 0 bridgehead atoms. The second kappa shape index (κ2) is 14.7. The number of allylic oxidation sites excluding steroid dienone is 1. The number of hydrogen-bond acceptors (Lipinski definition) is 6. The molecular formula is C21H37NO6. The molecule has 2 rings (SSSR count). The molecule has 0 aromatic heterocycles. The molecule has 1 unspecified atom stereocenters. The zero-order valence-corrected chi connectivity index (χ0v) is 17.1. The topological polar surface area (TPSA) is 107 Å². The summed E-state index contributed by atoms with van der Waals surface area (Å²) in [4.78, 5) is 23.5. The summed E-state index contributed by atoms with van der Waals surface area (Å²) in [5, 5.41) is 26.6. The minimum Gasteiger partial charge on any atom is -0.481 e. The summed E-state index contributed by atoms with van der Waals surface area (Å²) >= 11 is 0. The van der Waals surface area contributed by atoms with Crippen molar-refractivity contribution >= 4 is 11.8 Å². The van der Waals surface area contributed by atoms with Crippen LogP contribution in [0.5, 0.6) is 0 Å². The first-order chi connectivity index (χ1) is 13.5. The molecule has 2 fully saturated rings. The van der Waals surface area contributed by atoms with Gasteiger partial charge in [0.15, 0.2) is 0 Å². The molecule has 1 heterocycles. The molecule has 0 spiro atoms. The maximum atomic E-state index is 12.2. The smallest absolute Gasteiger partial charge is 0.300 e. The van der Waals surface area contributed by atoms with Crippen LogP contribution < -0.4 is 0 Å². The average Bonchev–Trinajstić information content (AvgIpc) is 2.93. The number of Topliss-reactive ketones (excluding diaryl/α,β-unsaturated/α-hetero) is 1. The standard InChI is InChI=1S/C19H33NO4.C2H4O2/c21-12-6-4-2-1-3-5-7-16-15-18(22)17(19(16)23)8-9-20-10-13-24-14-11-20;1-2(3)4/h5,7,16-17,19,21,23H,1-4,6,8-15H2;1H3,(H,3,4)/b7-5+;/t16-,17?,19-;/m0./s1. The van der Waals surface area contributed by atoms with Gasteiger partial charge >= 0.3 is 0 Å². The fourth-order valence-electron chi connectivity index (χ4n) is 3.65. The summed E-state index contributed by atoms with van der Waals surface area (Å²) in [5.74, 6) is -0.829. The fourth-order valence-corrected chi connectivity index (χ4v) is 3.65. The third-order valence-electron chi connectivity index (χ3n) is 5.22. The van der Waals surface area contributed by atoms with Crippen LogP contribution in [0.1, 0.15) is 51.9 Å². The molecule has 0 aromatic carbocycles. The van der Waals surface area contributed by atoms with Crippen LogP contribution in [-0.4, -0.2) is 77.5 Å². The van der Waals surface area contributed by atoms with Crippen molar-refractivity contribution in [3.8, 4) is 0 Å². The van der Waals surface area contributed by atoms with Crippen molar-refractivity contribution in [2.45, 2.75) is 58.0 Å². The molecular weight excluding hydrogens is 362 g/mol. The number of ketones is 1. The van der Waals surface area contributed by atoms with Crippen LogP contribution in [0.25, 0.3) is 0 Å². The van der Waals surface area contributed by atoms with Crippen molar-refractivity contribution in [1.82, 2.24) is 4.90 Å². The Labute approximate surface area is 168 Å². The number of aliphatic hydroxyl groups excluding tert-OH is 2. The van der Waals surface area contributed by atoms with Crippen molar-refractivity contribution in [3.63, 3.8) is 0 Å². The highest BCUT2D eigenvalue weighted by Crippen LogP contribution is 2.32. The lowest BCUT2D eigenvalue weighted by Crippen LogP contribution is -2.38. The van der Waals surface area contributed by atoms with Gasteiger partial charge in [0.2, 0.25) is 0 Å². The molecule has 1 aliphatic heterocycles. The van der Waals surface area contributed by atoms with Gasteiger partial charge in [-0.1, -0.05) is 25.0 Å². The Kier molecular flexibility index (Phi) is 13.0. The van der Waals surface area contributed by atoms with E-state index in [9.17, 15) is 9.90 Å². The molecule has 0 radical (unpaired) electrons. The van der Waals surface area contributed by atoms with Gasteiger partial charge in [-0.25, -0.2) is 0 Å². The van der Waals surface area contributed by atoms with E-state index in [-0.39, 0.29) is 24.2 Å². The van der Waals surface area contributed by atoms with E-state index in [1.165, 1.54) is 0 Å². The van der Waals surface area contributed by atoms with Gasteiger partial charge in [0.05, 0.1) is 19.3 Å². The molecule has 1 saturated carbocycles. The first-order valence-corrected chi connectivity index (χ1v) is 10.4. The zero-order chi connectivity index (χ0) is 20.8. The maximum Gasteiger partial charge on any atom is 0.300 e. The number of carbonyl (C=O) groups is 2. The highest BCUT2D eigenvalue weighted by Gasteiger charge is 2.39. The lowest BCUT2D eigenvalue weighted by molar-refractivity contribution is -0.134. The predicted octanol–water partition coefficient (Wildman–Crippen LogP) is 1.86. The van der Waals surface area contributed by atoms with Crippen molar-refractivity contribution < 1.29 is 29.6 Å². The zero-order valence-electron chi connectivity index (χ0n) is 17.1. The van der Waals surface area contributed by atoms with Crippen LogP contribution in [0.3, 0.4) is 0 Å². The monoisotopic (exact) mass is 399 g/mol. The van der Waals surface area contributed by atoms with Gasteiger partial charge in [0.1, 0.15) is 5.78 Å². The fraction of sp³-hybridized carbons (Fsp3) is 0.810. The summed E-state index contributed by atoms with van der Waals surface area (Å²) < 4.78 is 5.34. The lowest BCUT2D eigenvalue weighted by atomic mass is 9.96. The molecule has 3 atom stereocenters. The van der Waals surface area contributed by atoms with Gasteiger partial charge in [-0.15, -0.1) is 0 Å². The van der Waals surface area contributed by atoms with Gasteiger partial charge in [0.25, 0.3) is 5.97 Å². The SMILES string of the molecule is CC(=O)O.O=C1C[C@H](/C=C/CCCCCCO)[C@H](O)C1CCN1CCOCC1. The van der Waals surface area contributed by atoms with Gasteiger partial charge in [-0.3, -0.25) is 14.5 Å².